The number of aromatic nitrogens is 1. The molecule has 1 rings (SSSR count). The van der Waals surface area contributed by atoms with Gasteiger partial charge in [0.25, 0.3) is 0 Å². The number of nitrogens with zero attached hydrogens (tertiary/aromatic N) is 1. The largest absolute Gasteiger partial charge is 0.318 e. The fourth-order valence-corrected chi connectivity index (χ4v) is 3.65. The van der Waals surface area contributed by atoms with E-state index in [4.69, 9.17) is 0 Å². The molecule has 5 nitrogen and oxygen atoms in total. The highest BCUT2D eigenvalue weighted by Crippen LogP contribution is 2.21. The van der Waals surface area contributed by atoms with Crippen molar-refractivity contribution in [2.24, 2.45) is 0 Å². The third-order valence-electron chi connectivity index (χ3n) is 2.65. The van der Waals surface area contributed by atoms with Gasteiger partial charge in [0.05, 0.1) is 11.3 Å². The molecule has 2 unspecified atom stereocenters. The Kier molecular flexibility index (Phi) is 5.71. The van der Waals surface area contributed by atoms with E-state index in [0.717, 1.165) is 11.4 Å². The van der Waals surface area contributed by atoms with Crippen LogP contribution in [-0.4, -0.2) is 32.2 Å². The van der Waals surface area contributed by atoms with Crippen LogP contribution in [0.4, 0.5) is 0 Å². The Labute approximate surface area is 113 Å². The third kappa shape index (κ3) is 4.01. The van der Waals surface area contributed by atoms with Crippen LogP contribution in [0.1, 0.15) is 36.7 Å². The Balaban J connectivity index is 2.71. The summed E-state index contributed by atoms with van der Waals surface area (Å²) in [5.41, 5.74) is 0. The molecule has 1 aromatic rings. The number of aryl methyl sites for hydroxylation is 1. The molecule has 0 aliphatic rings. The fraction of sp³-hybridized carbons (Fsp3) is 0.727. The number of hydrogen-bond acceptors (Lipinski definition) is 5. The average molecular weight is 291 g/mol. The molecule has 104 valence electrons. The van der Waals surface area contributed by atoms with Crippen molar-refractivity contribution >= 4 is 21.4 Å². The number of rotatable bonds is 7. The van der Waals surface area contributed by atoms with Gasteiger partial charge in [-0.25, -0.2) is 18.1 Å². The van der Waals surface area contributed by atoms with Crippen molar-refractivity contribution in [3.05, 3.63) is 16.1 Å². The number of hydrogen-bond donors (Lipinski definition) is 2. The zero-order valence-electron chi connectivity index (χ0n) is 11.2. The molecular weight excluding hydrogens is 270 g/mol. The summed E-state index contributed by atoms with van der Waals surface area (Å²) >= 11 is 1.55. The minimum atomic E-state index is -3.31. The Hall–Kier alpha value is -0.500. The maximum Gasteiger partial charge on any atom is 0.216 e. The van der Waals surface area contributed by atoms with Crippen molar-refractivity contribution in [3.8, 4) is 0 Å². The number of nitrogens with one attached hydrogen (secondary N) is 2. The molecule has 0 aromatic carbocycles. The van der Waals surface area contributed by atoms with Crippen LogP contribution in [0.5, 0.6) is 0 Å². The molecule has 18 heavy (non-hydrogen) atoms. The first-order chi connectivity index (χ1) is 8.40. The molecular formula is C11H21N3O2S2. The van der Waals surface area contributed by atoms with Crippen LogP contribution in [0, 0.1) is 0 Å². The minimum Gasteiger partial charge on any atom is -0.318 e. The standard InChI is InChI=1S/C11H21N3O2S2/c1-5-10-7-13-11(17-10)9(3)14-18(15,16)8(2)6-12-4/h7-9,12,14H,5-6H2,1-4H3. The summed E-state index contributed by atoms with van der Waals surface area (Å²) in [6.45, 7) is 5.99. The van der Waals surface area contributed by atoms with Crippen LogP contribution in [-0.2, 0) is 16.4 Å². The lowest BCUT2D eigenvalue weighted by molar-refractivity contribution is 0.549. The molecule has 0 amide bonds. The van der Waals surface area contributed by atoms with E-state index in [1.807, 2.05) is 13.1 Å². The lowest BCUT2D eigenvalue weighted by Gasteiger charge is -2.16. The molecule has 0 saturated carbocycles. The summed E-state index contributed by atoms with van der Waals surface area (Å²) in [6, 6.07) is -0.278. The van der Waals surface area contributed by atoms with Gasteiger partial charge in [0, 0.05) is 17.6 Å². The maximum atomic E-state index is 12.0. The van der Waals surface area contributed by atoms with Crippen molar-refractivity contribution in [3.63, 3.8) is 0 Å². The lowest BCUT2D eigenvalue weighted by atomic mass is 10.4. The van der Waals surface area contributed by atoms with Crippen molar-refractivity contribution < 1.29 is 8.42 Å². The third-order valence-corrected chi connectivity index (χ3v) is 5.89. The smallest absolute Gasteiger partial charge is 0.216 e. The quantitative estimate of drug-likeness (QED) is 0.794. The second-order valence-electron chi connectivity index (χ2n) is 4.27. The van der Waals surface area contributed by atoms with Crippen LogP contribution in [0.3, 0.4) is 0 Å². The molecule has 0 aliphatic carbocycles. The molecule has 1 aromatic heterocycles. The first-order valence-corrected chi connectivity index (χ1v) is 8.37. The molecule has 0 aliphatic heterocycles. The lowest BCUT2D eigenvalue weighted by Crippen LogP contribution is -2.39. The normalized spacial score (nSPS) is 15.6. The summed E-state index contributed by atoms with van der Waals surface area (Å²) < 4.78 is 26.7. The van der Waals surface area contributed by atoms with E-state index in [2.05, 4.69) is 21.9 Å². The van der Waals surface area contributed by atoms with E-state index in [1.165, 1.54) is 4.88 Å². The molecule has 1 heterocycles. The van der Waals surface area contributed by atoms with E-state index in [-0.39, 0.29) is 6.04 Å². The second-order valence-corrected chi connectivity index (χ2v) is 7.55. The van der Waals surface area contributed by atoms with E-state index >= 15 is 0 Å². The van der Waals surface area contributed by atoms with Crippen LogP contribution in [0.25, 0.3) is 0 Å². The van der Waals surface area contributed by atoms with E-state index in [9.17, 15) is 8.42 Å². The summed E-state index contributed by atoms with van der Waals surface area (Å²) in [6.07, 6.45) is 2.73. The molecule has 0 saturated heterocycles. The molecule has 0 radical (unpaired) electrons. The highest BCUT2D eigenvalue weighted by molar-refractivity contribution is 7.90. The summed E-state index contributed by atoms with van der Waals surface area (Å²) in [5, 5.41) is 3.22. The van der Waals surface area contributed by atoms with Crippen molar-refractivity contribution in [2.75, 3.05) is 13.6 Å². The number of thiazole rings is 1. The Morgan fingerprint density at radius 3 is 2.61 bits per heavy atom. The van der Waals surface area contributed by atoms with Gasteiger partial charge in [-0.3, -0.25) is 0 Å². The van der Waals surface area contributed by atoms with Crippen LogP contribution >= 0.6 is 11.3 Å². The molecule has 2 N–H and O–H groups in total. The summed E-state index contributed by atoms with van der Waals surface area (Å²) in [4.78, 5) is 5.42. The molecule has 2 atom stereocenters. The molecule has 0 spiro atoms. The van der Waals surface area contributed by atoms with Gasteiger partial charge >= 0.3 is 0 Å². The molecule has 0 bridgehead atoms. The molecule has 0 fully saturated rings. The average Bonchev–Trinajstić information content (AvgIpc) is 2.77. The van der Waals surface area contributed by atoms with Gasteiger partial charge in [-0.1, -0.05) is 6.92 Å². The van der Waals surface area contributed by atoms with Crippen LogP contribution in [0.15, 0.2) is 6.20 Å². The first kappa shape index (κ1) is 15.6. The Morgan fingerprint density at radius 2 is 2.11 bits per heavy atom. The van der Waals surface area contributed by atoms with E-state index < -0.39 is 15.3 Å². The number of sulfonamides is 1. The monoisotopic (exact) mass is 291 g/mol. The van der Waals surface area contributed by atoms with Gasteiger partial charge in [0.1, 0.15) is 5.01 Å². The first-order valence-electron chi connectivity index (χ1n) is 6.01. The SMILES string of the molecule is CCc1cnc(C(C)NS(=O)(=O)C(C)CNC)s1. The Morgan fingerprint density at radius 1 is 1.44 bits per heavy atom. The van der Waals surface area contributed by atoms with Gasteiger partial charge in [-0.05, 0) is 27.3 Å². The highest BCUT2D eigenvalue weighted by atomic mass is 32.2. The van der Waals surface area contributed by atoms with Gasteiger partial charge in [-0.2, -0.15) is 0 Å². The van der Waals surface area contributed by atoms with Crippen LogP contribution < -0.4 is 10.0 Å². The van der Waals surface area contributed by atoms with E-state index in [0.29, 0.717) is 6.54 Å². The van der Waals surface area contributed by atoms with Crippen LogP contribution in [0.2, 0.25) is 0 Å². The summed E-state index contributed by atoms with van der Waals surface area (Å²) in [7, 11) is -1.57. The van der Waals surface area contributed by atoms with Gasteiger partial charge in [0.2, 0.25) is 10.0 Å². The topological polar surface area (TPSA) is 71.1 Å². The summed E-state index contributed by atoms with van der Waals surface area (Å²) in [5.74, 6) is 0. The molecule has 7 heteroatoms. The predicted octanol–water partition coefficient (Wildman–Crippen LogP) is 1.29. The van der Waals surface area contributed by atoms with E-state index in [1.54, 1.807) is 25.3 Å². The zero-order valence-corrected chi connectivity index (χ0v) is 12.9. The minimum absolute atomic E-state index is 0.278. The maximum absolute atomic E-state index is 12.0. The highest BCUT2D eigenvalue weighted by Gasteiger charge is 2.23. The zero-order chi connectivity index (χ0) is 13.8. The second kappa shape index (κ2) is 6.60. The van der Waals surface area contributed by atoms with Crippen molar-refractivity contribution in [1.29, 1.82) is 0 Å². The predicted molar refractivity (Wildman–Crippen MR) is 75.4 cm³/mol. The van der Waals surface area contributed by atoms with Gasteiger partial charge < -0.3 is 5.32 Å². The van der Waals surface area contributed by atoms with Gasteiger partial charge in [-0.15, -0.1) is 11.3 Å². The fourth-order valence-electron chi connectivity index (χ4n) is 1.50. The van der Waals surface area contributed by atoms with Crippen molar-refractivity contribution in [1.82, 2.24) is 15.0 Å². The Bertz CT molecular complexity index is 470. The van der Waals surface area contributed by atoms with Crippen molar-refractivity contribution in [2.45, 2.75) is 38.5 Å². The van der Waals surface area contributed by atoms with Gasteiger partial charge in [0.15, 0.2) is 0 Å².